The molecule has 4 heteroatoms. The lowest BCUT2D eigenvalue weighted by Gasteiger charge is -2.36. The van der Waals surface area contributed by atoms with Crippen LogP contribution in [0.15, 0.2) is 0 Å². The molecule has 3 fully saturated rings. The van der Waals surface area contributed by atoms with Crippen molar-refractivity contribution in [2.24, 2.45) is 11.8 Å². The Bertz CT molecular complexity index is 261. The highest BCUT2D eigenvalue weighted by atomic mass is 32.2. The molecule has 1 aliphatic carbocycles. The number of fused-ring (bicyclic) bond motifs is 2. The second-order valence-electron chi connectivity index (χ2n) is 4.24. The summed E-state index contributed by atoms with van der Waals surface area (Å²) in [6.45, 7) is 0.684. The van der Waals surface area contributed by atoms with E-state index in [9.17, 15) is 4.79 Å². The van der Waals surface area contributed by atoms with Crippen LogP contribution in [0.5, 0.6) is 0 Å². The third-order valence-corrected chi connectivity index (χ3v) is 7.23. The Balaban J connectivity index is 1.84. The average molecular weight is 230 g/mol. The number of carbonyl (C=O) groups is 1. The molecule has 0 aromatic carbocycles. The Labute approximate surface area is 92.5 Å². The summed E-state index contributed by atoms with van der Waals surface area (Å²) in [7, 11) is 0. The van der Waals surface area contributed by atoms with Gasteiger partial charge in [-0.05, 0) is 30.8 Å². The molecule has 0 amide bonds. The van der Waals surface area contributed by atoms with Crippen LogP contribution in [0.1, 0.15) is 19.3 Å². The van der Waals surface area contributed by atoms with Crippen LogP contribution < -0.4 is 0 Å². The summed E-state index contributed by atoms with van der Waals surface area (Å²) in [5.41, 5.74) is 0. The van der Waals surface area contributed by atoms with Crippen LogP contribution in [-0.2, 0) is 9.53 Å². The van der Waals surface area contributed by atoms with Crippen LogP contribution in [0.25, 0.3) is 0 Å². The van der Waals surface area contributed by atoms with E-state index in [4.69, 9.17) is 4.74 Å². The fourth-order valence-corrected chi connectivity index (χ4v) is 6.50. The molecule has 1 spiro atoms. The van der Waals surface area contributed by atoms with Gasteiger partial charge in [0, 0.05) is 5.92 Å². The van der Waals surface area contributed by atoms with Gasteiger partial charge in [-0.25, -0.2) is 0 Å². The number of rotatable bonds is 0. The van der Waals surface area contributed by atoms with Crippen LogP contribution in [0, 0.1) is 11.8 Å². The van der Waals surface area contributed by atoms with Crippen LogP contribution >= 0.6 is 23.5 Å². The summed E-state index contributed by atoms with van der Waals surface area (Å²) in [6.07, 6.45) is 3.60. The molecule has 2 nitrogen and oxygen atoms in total. The van der Waals surface area contributed by atoms with Crippen LogP contribution in [-0.4, -0.2) is 28.2 Å². The summed E-state index contributed by atoms with van der Waals surface area (Å²) in [4.78, 5) is 11.4. The van der Waals surface area contributed by atoms with Crippen molar-refractivity contribution in [2.75, 3.05) is 18.1 Å². The fraction of sp³-hybridized carbons (Fsp3) is 0.900. The number of hydrogen-bond acceptors (Lipinski definition) is 4. The van der Waals surface area contributed by atoms with E-state index in [1.807, 2.05) is 0 Å². The first-order valence-electron chi connectivity index (χ1n) is 5.26. The van der Waals surface area contributed by atoms with Gasteiger partial charge in [-0.2, -0.15) is 0 Å². The molecule has 0 radical (unpaired) electrons. The van der Waals surface area contributed by atoms with Gasteiger partial charge in [0.05, 0.1) is 16.6 Å². The molecule has 0 N–H and O–H groups in total. The molecule has 2 saturated heterocycles. The highest BCUT2D eigenvalue weighted by Gasteiger charge is 2.56. The van der Waals surface area contributed by atoms with E-state index in [2.05, 4.69) is 23.5 Å². The zero-order valence-electron chi connectivity index (χ0n) is 8.03. The van der Waals surface area contributed by atoms with Crippen LogP contribution in [0.2, 0.25) is 0 Å². The lowest BCUT2D eigenvalue weighted by molar-refractivity contribution is -0.141. The minimum Gasteiger partial charge on any atom is -0.465 e. The molecule has 0 bridgehead atoms. The SMILES string of the molecule is O=C1OCC2C1CCC21SCCCS1. The predicted octanol–water partition coefficient (Wildman–Crippen LogP) is 2.14. The van der Waals surface area contributed by atoms with Gasteiger partial charge in [-0.1, -0.05) is 0 Å². The van der Waals surface area contributed by atoms with Gasteiger partial charge in [0.2, 0.25) is 0 Å². The van der Waals surface area contributed by atoms with E-state index in [0.717, 1.165) is 6.42 Å². The van der Waals surface area contributed by atoms with Gasteiger partial charge in [0.15, 0.2) is 0 Å². The third kappa shape index (κ3) is 1.23. The Morgan fingerprint density at radius 1 is 1.36 bits per heavy atom. The number of ether oxygens (including phenoxy) is 1. The molecular formula is C10H14O2S2. The Morgan fingerprint density at radius 2 is 2.14 bits per heavy atom. The molecule has 78 valence electrons. The van der Waals surface area contributed by atoms with Crippen molar-refractivity contribution in [3.8, 4) is 0 Å². The number of thioether (sulfide) groups is 2. The summed E-state index contributed by atoms with van der Waals surface area (Å²) in [5.74, 6) is 3.34. The van der Waals surface area contributed by atoms with Crippen molar-refractivity contribution >= 4 is 29.5 Å². The van der Waals surface area contributed by atoms with E-state index < -0.39 is 0 Å². The second kappa shape index (κ2) is 3.34. The first kappa shape index (κ1) is 9.40. The van der Waals surface area contributed by atoms with Crippen molar-refractivity contribution in [1.82, 2.24) is 0 Å². The molecule has 0 aromatic heterocycles. The van der Waals surface area contributed by atoms with Crippen molar-refractivity contribution in [3.05, 3.63) is 0 Å². The molecule has 2 unspecified atom stereocenters. The molecule has 2 aliphatic heterocycles. The summed E-state index contributed by atoms with van der Waals surface area (Å²) in [6, 6.07) is 0. The Hall–Kier alpha value is 0.170. The molecule has 2 heterocycles. The maximum atomic E-state index is 11.4. The van der Waals surface area contributed by atoms with Crippen molar-refractivity contribution in [2.45, 2.75) is 23.3 Å². The van der Waals surface area contributed by atoms with Gasteiger partial charge in [-0.15, -0.1) is 23.5 Å². The quantitative estimate of drug-likeness (QED) is 0.596. The number of esters is 1. The second-order valence-corrected chi connectivity index (χ2v) is 7.35. The molecule has 14 heavy (non-hydrogen) atoms. The van der Waals surface area contributed by atoms with Crippen molar-refractivity contribution in [1.29, 1.82) is 0 Å². The first-order valence-corrected chi connectivity index (χ1v) is 7.23. The van der Waals surface area contributed by atoms with E-state index >= 15 is 0 Å². The number of hydrogen-bond donors (Lipinski definition) is 0. The monoisotopic (exact) mass is 230 g/mol. The van der Waals surface area contributed by atoms with E-state index in [1.165, 1.54) is 24.3 Å². The molecule has 2 atom stereocenters. The highest BCUT2D eigenvalue weighted by molar-refractivity contribution is 8.18. The van der Waals surface area contributed by atoms with Gasteiger partial charge in [0.1, 0.15) is 0 Å². The van der Waals surface area contributed by atoms with Gasteiger partial charge in [0.25, 0.3) is 0 Å². The largest absolute Gasteiger partial charge is 0.465 e. The molecule has 3 aliphatic rings. The maximum Gasteiger partial charge on any atom is 0.309 e. The van der Waals surface area contributed by atoms with Crippen LogP contribution in [0.4, 0.5) is 0 Å². The normalized spacial score (nSPS) is 39.9. The summed E-state index contributed by atoms with van der Waals surface area (Å²) >= 11 is 4.16. The van der Waals surface area contributed by atoms with Crippen molar-refractivity contribution < 1.29 is 9.53 Å². The van der Waals surface area contributed by atoms with E-state index in [1.54, 1.807) is 0 Å². The molecule has 0 aromatic rings. The number of cyclic esters (lactones) is 1. The fourth-order valence-electron chi connectivity index (χ4n) is 2.80. The lowest BCUT2D eigenvalue weighted by Crippen LogP contribution is -2.32. The smallest absolute Gasteiger partial charge is 0.309 e. The zero-order chi connectivity index (χ0) is 9.60. The molecule has 3 rings (SSSR count). The van der Waals surface area contributed by atoms with E-state index in [0.29, 0.717) is 16.6 Å². The van der Waals surface area contributed by atoms with Crippen LogP contribution in [0.3, 0.4) is 0 Å². The summed E-state index contributed by atoms with van der Waals surface area (Å²) < 4.78 is 5.52. The van der Waals surface area contributed by atoms with Crippen molar-refractivity contribution in [3.63, 3.8) is 0 Å². The predicted molar refractivity (Wildman–Crippen MR) is 59.4 cm³/mol. The topological polar surface area (TPSA) is 26.3 Å². The van der Waals surface area contributed by atoms with Gasteiger partial charge in [-0.3, -0.25) is 4.79 Å². The lowest BCUT2D eigenvalue weighted by atomic mass is 10.00. The molecular weight excluding hydrogens is 216 g/mol. The van der Waals surface area contributed by atoms with E-state index in [-0.39, 0.29) is 11.9 Å². The highest BCUT2D eigenvalue weighted by Crippen LogP contribution is 2.59. The maximum absolute atomic E-state index is 11.4. The van der Waals surface area contributed by atoms with Gasteiger partial charge >= 0.3 is 5.97 Å². The average Bonchev–Trinajstić information content (AvgIpc) is 2.73. The Morgan fingerprint density at radius 3 is 2.93 bits per heavy atom. The zero-order valence-corrected chi connectivity index (χ0v) is 9.66. The standard InChI is InChI=1S/C10H14O2S2/c11-9-7-2-3-10(8(7)6-12-9)13-4-1-5-14-10/h7-8H,1-6H2. The Kier molecular flexibility index (Phi) is 2.24. The molecule has 1 saturated carbocycles. The minimum atomic E-state index is 0.0682. The van der Waals surface area contributed by atoms with Gasteiger partial charge < -0.3 is 4.74 Å². The first-order chi connectivity index (χ1) is 6.82. The number of carbonyl (C=O) groups excluding carboxylic acids is 1. The minimum absolute atomic E-state index is 0.0682. The third-order valence-electron chi connectivity index (χ3n) is 3.54. The summed E-state index contributed by atoms with van der Waals surface area (Å²) in [5, 5.41) is 0.